The third kappa shape index (κ3) is 6.72. The highest BCUT2D eigenvalue weighted by Gasteiger charge is 2.17. The number of benzene rings is 2. The molecule has 170 valence electrons. The van der Waals surface area contributed by atoms with Crippen LogP contribution in [0.15, 0.2) is 59.3 Å². The Labute approximate surface area is 202 Å². The average Bonchev–Trinajstić information content (AvgIpc) is 2.77. The number of carbonyl (C=O) groups excluding carboxylic acids is 3. The number of nitrogens with two attached hydrogens (primary N) is 1. The molecular weight excluding hydrogens is 516 g/mol. The van der Waals surface area contributed by atoms with Crippen molar-refractivity contribution in [2.45, 2.75) is 13.0 Å². The molecule has 0 bridgehead atoms. The normalized spacial score (nSPS) is 11.3. The summed E-state index contributed by atoms with van der Waals surface area (Å²) in [7, 11) is 0. The first kappa shape index (κ1) is 24.1. The second-order valence-electron chi connectivity index (χ2n) is 6.66. The molecule has 10 nitrogen and oxygen atoms in total. The number of amides is 4. The minimum absolute atomic E-state index is 0.0953. The van der Waals surface area contributed by atoms with Gasteiger partial charge in [0.2, 0.25) is 5.91 Å². The van der Waals surface area contributed by atoms with Crippen molar-refractivity contribution in [3.05, 3.63) is 69.9 Å². The van der Waals surface area contributed by atoms with Gasteiger partial charge in [0.1, 0.15) is 5.75 Å². The summed E-state index contributed by atoms with van der Waals surface area (Å²) in [6.07, 6.45) is 3.04. The Morgan fingerprint density at radius 1 is 1.09 bits per heavy atom. The lowest BCUT2D eigenvalue weighted by Crippen LogP contribution is -2.36. The Morgan fingerprint density at radius 3 is 2.45 bits per heavy atom. The lowest BCUT2D eigenvalue weighted by molar-refractivity contribution is -0.117. The molecule has 0 saturated heterocycles. The van der Waals surface area contributed by atoms with Gasteiger partial charge in [-0.05, 0) is 53.2 Å². The van der Waals surface area contributed by atoms with E-state index in [1.165, 1.54) is 49.6 Å². The highest BCUT2D eigenvalue weighted by molar-refractivity contribution is 9.10. The zero-order valence-electron chi connectivity index (χ0n) is 17.1. The van der Waals surface area contributed by atoms with Gasteiger partial charge in [-0.3, -0.25) is 14.9 Å². The Kier molecular flexibility index (Phi) is 7.93. The summed E-state index contributed by atoms with van der Waals surface area (Å²) in [6, 6.07) is 9.25. The molecule has 0 aliphatic carbocycles. The highest BCUT2D eigenvalue weighted by Crippen LogP contribution is 2.30. The zero-order valence-corrected chi connectivity index (χ0v) is 19.5. The fourth-order valence-corrected chi connectivity index (χ4v) is 2.91. The number of hydrogen-bond acceptors (Lipinski definition) is 7. The molecule has 1 atom stereocenters. The quantitative estimate of drug-likeness (QED) is 0.375. The molecule has 5 N–H and O–H groups in total. The van der Waals surface area contributed by atoms with Crippen LogP contribution in [0.1, 0.15) is 17.3 Å². The van der Waals surface area contributed by atoms with Gasteiger partial charge in [0.25, 0.3) is 5.91 Å². The number of aromatic nitrogens is 2. The third-order valence-electron chi connectivity index (χ3n) is 4.06. The van der Waals surface area contributed by atoms with E-state index in [2.05, 4.69) is 41.8 Å². The van der Waals surface area contributed by atoms with Gasteiger partial charge in [0.15, 0.2) is 0 Å². The number of carbonyl (C=O) groups is 3. The molecule has 4 amide bonds. The van der Waals surface area contributed by atoms with Gasteiger partial charge in [0, 0.05) is 18.1 Å². The van der Waals surface area contributed by atoms with Crippen molar-refractivity contribution in [3.63, 3.8) is 0 Å². The van der Waals surface area contributed by atoms with Crippen LogP contribution < -0.4 is 26.4 Å². The lowest BCUT2D eigenvalue weighted by Gasteiger charge is -2.13. The van der Waals surface area contributed by atoms with Crippen molar-refractivity contribution in [2.75, 3.05) is 10.6 Å². The maximum atomic E-state index is 12.5. The molecule has 12 heteroatoms. The third-order valence-corrected chi connectivity index (χ3v) is 4.76. The Bertz CT molecular complexity index is 1190. The van der Waals surface area contributed by atoms with Gasteiger partial charge in [-0.15, -0.1) is 0 Å². The minimum atomic E-state index is -0.797. The molecule has 0 radical (unpaired) electrons. The number of nitrogens with zero attached hydrogens (tertiary/aromatic N) is 2. The molecule has 0 spiro atoms. The predicted octanol–water partition coefficient (Wildman–Crippen LogP) is 3.93. The van der Waals surface area contributed by atoms with E-state index in [1.54, 1.807) is 12.1 Å². The van der Waals surface area contributed by atoms with Gasteiger partial charge in [-0.2, -0.15) is 0 Å². The molecule has 0 aliphatic rings. The number of imide groups is 1. The predicted molar refractivity (Wildman–Crippen MR) is 126 cm³/mol. The summed E-state index contributed by atoms with van der Waals surface area (Å²) in [6.45, 7) is 1.51. The number of para-hydroxylation sites is 1. The zero-order chi connectivity index (χ0) is 24.0. The van der Waals surface area contributed by atoms with E-state index >= 15 is 0 Å². The SMILES string of the molecule is C[C@H](N)C(=O)Nc1ccccc1C(=O)NC(=O)Nc1ccc(Oc2ncc(Br)cn2)c(Cl)c1. The van der Waals surface area contributed by atoms with Crippen LogP contribution in [0.5, 0.6) is 11.8 Å². The highest BCUT2D eigenvalue weighted by atomic mass is 79.9. The van der Waals surface area contributed by atoms with E-state index in [0.29, 0.717) is 10.2 Å². The summed E-state index contributed by atoms with van der Waals surface area (Å²) in [5.41, 5.74) is 6.18. The van der Waals surface area contributed by atoms with Gasteiger partial charge in [-0.1, -0.05) is 23.7 Å². The molecule has 3 aromatic rings. The van der Waals surface area contributed by atoms with E-state index in [1.807, 2.05) is 0 Å². The summed E-state index contributed by atoms with van der Waals surface area (Å²) in [5, 5.41) is 7.44. The molecule has 0 aliphatic heterocycles. The van der Waals surface area contributed by atoms with Crippen LogP contribution in [0, 0.1) is 0 Å². The first-order valence-corrected chi connectivity index (χ1v) is 10.6. The molecule has 0 fully saturated rings. The van der Waals surface area contributed by atoms with E-state index in [-0.39, 0.29) is 28.0 Å². The van der Waals surface area contributed by atoms with Crippen LogP contribution in [-0.4, -0.2) is 33.9 Å². The van der Waals surface area contributed by atoms with Gasteiger partial charge in [0.05, 0.1) is 26.8 Å². The van der Waals surface area contributed by atoms with E-state index in [4.69, 9.17) is 22.1 Å². The topological polar surface area (TPSA) is 148 Å². The standard InChI is InChI=1S/C21H18BrClN6O4/c1-11(24)18(30)28-16-5-3-2-4-14(16)19(31)29-20(32)27-13-6-7-17(15(23)8-13)33-21-25-9-12(22)10-26-21/h2-11H,24H2,1H3,(H,28,30)(H2,27,29,31,32)/t11-/m0/s1. The minimum Gasteiger partial charge on any atom is -0.423 e. The molecule has 33 heavy (non-hydrogen) atoms. The van der Waals surface area contributed by atoms with Crippen LogP contribution in [0.4, 0.5) is 16.2 Å². The Balaban J connectivity index is 1.64. The fourth-order valence-electron chi connectivity index (χ4n) is 2.48. The summed E-state index contributed by atoms with van der Waals surface area (Å²) >= 11 is 9.44. The number of urea groups is 1. The van der Waals surface area contributed by atoms with Gasteiger partial charge in [-0.25, -0.2) is 14.8 Å². The Morgan fingerprint density at radius 2 is 1.79 bits per heavy atom. The van der Waals surface area contributed by atoms with Gasteiger partial charge < -0.3 is 21.1 Å². The van der Waals surface area contributed by atoms with Crippen molar-refractivity contribution in [1.29, 1.82) is 0 Å². The maximum Gasteiger partial charge on any atom is 0.326 e. The lowest BCUT2D eigenvalue weighted by atomic mass is 10.1. The molecule has 0 unspecified atom stereocenters. The van der Waals surface area contributed by atoms with Crippen molar-refractivity contribution >= 4 is 56.8 Å². The number of anilines is 2. The molecule has 2 aromatic carbocycles. The van der Waals surface area contributed by atoms with Crippen molar-refractivity contribution < 1.29 is 19.1 Å². The van der Waals surface area contributed by atoms with Crippen molar-refractivity contribution in [1.82, 2.24) is 15.3 Å². The fraction of sp³-hybridized carbons (Fsp3) is 0.0952. The van der Waals surface area contributed by atoms with E-state index < -0.39 is 23.9 Å². The number of ether oxygens (including phenoxy) is 1. The largest absolute Gasteiger partial charge is 0.423 e. The second kappa shape index (κ2) is 10.9. The smallest absolute Gasteiger partial charge is 0.326 e. The van der Waals surface area contributed by atoms with Crippen molar-refractivity contribution in [2.24, 2.45) is 5.73 Å². The maximum absolute atomic E-state index is 12.5. The first-order valence-electron chi connectivity index (χ1n) is 9.45. The Hall–Kier alpha value is -3.54. The van der Waals surface area contributed by atoms with Crippen LogP contribution >= 0.6 is 27.5 Å². The summed E-state index contributed by atoms with van der Waals surface area (Å²) < 4.78 is 6.20. The van der Waals surface area contributed by atoms with Crippen LogP contribution in [0.3, 0.4) is 0 Å². The summed E-state index contributed by atoms with van der Waals surface area (Å²) in [4.78, 5) is 44.7. The molecule has 3 rings (SSSR count). The van der Waals surface area contributed by atoms with Crippen molar-refractivity contribution in [3.8, 4) is 11.8 Å². The van der Waals surface area contributed by atoms with Crippen LogP contribution in [-0.2, 0) is 4.79 Å². The molecule has 0 saturated carbocycles. The molecular formula is C21H18BrClN6O4. The first-order chi connectivity index (χ1) is 15.7. The molecule has 1 aromatic heterocycles. The summed E-state index contributed by atoms with van der Waals surface area (Å²) in [5.74, 6) is -0.906. The second-order valence-corrected chi connectivity index (χ2v) is 7.99. The van der Waals surface area contributed by atoms with E-state index in [0.717, 1.165) is 0 Å². The van der Waals surface area contributed by atoms with Gasteiger partial charge >= 0.3 is 12.0 Å². The monoisotopic (exact) mass is 532 g/mol. The number of rotatable bonds is 6. The van der Waals surface area contributed by atoms with Crippen LogP contribution in [0.2, 0.25) is 5.02 Å². The number of hydrogen-bond donors (Lipinski definition) is 4. The van der Waals surface area contributed by atoms with Crippen LogP contribution in [0.25, 0.3) is 0 Å². The van der Waals surface area contributed by atoms with E-state index in [9.17, 15) is 14.4 Å². The molecule has 1 heterocycles. The number of halogens is 2. The number of nitrogens with one attached hydrogen (secondary N) is 3. The average molecular weight is 534 g/mol.